The number of rotatable bonds is 4. The molecule has 9 heteroatoms. The fourth-order valence-corrected chi connectivity index (χ4v) is 2.32. The summed E-state index contributed by atoms with van der Waals surface area (Å²) in [6.45, 7) is 5.00. The predicted molar refractivity (Wildman–Crippen MR) is 90.4 cm³/mol. The number of anilines is 1. The van der Waals surface area contributed by atoms with Gasteiger partial charge in [0, 0.05) is 13.1 Å². The Balaban J connectivity index is 0.00000441. The van der Waals surface area contributed by atoms with Crippen molar-refractivity contribution >= 4 is 53.0 Å². The third-order valence-electron chi connectivity index (χ3n) is 2.64. The fraction of sp³-hybridized carbons (Fsp3) is 0.385. The summed E-state index contributed by atoms with van der Waals surface area (Å²) in [6, 6.07) is 5.02. The van der Waals surface area contributed by atoms with E-state index in [0.717, 1.165) is 12.0 Å². The number of urea groups is 2. The number of halogens is 3. The van der Waals surface area contributed by atoms with E-state index in [4.69, 9.17) is 27.1 Å². The molecule has 0 spiro atoms. The molecule has 2 N–H and O–H groups in total. The molecule has 124 valence electrons. The van der Waals surface area contributed by atoms with Crippen LogP contribution in [-0.4, -0.2) is 36.3 Å². The number of nitrogens with one attached hydrogen (secondary N) is 2. The maximum atomic E-state index is 12.0. The number of hydrogen-bond acceptors (Lipinski definition) is 2. The maximum absolute atomic E-state index is 12.0. The van der Waals surface area contributed by atoms with Crippen LogP contribution < -0.4 is 34.6 Å². The van der Waals surface area contributed by atoms with E-state index in [0.29, 0.717) is 28.8 Å². The minimum absolute atomic E-state index is 0. The Bertz CT molecular complexity index is 508. The molecule has 1 rings (SSSR count). The van der Waals surface area contributed by atoms with E-state index in [-0.39, 0.29) is 36.0 Å². The highest BCUT2D eigenvalue weighted by molar-refractivity contribution is 7.92. The number of benzene rings is 1. The van der Waals surface area contributed by atoms with Crippen molar-refractivity contribution in [3.63, 3.8) is 0 Å². The van der Waals surface area contributed by atoms with E-state index in [2.05, 4.69) is 10.6 Å². The lowest BCUT2D eigenvalue weighted by atomic mass is 10.3. The zero-order valence-electron chi connectivity index (χ0n) is 12.5. The molecule has 0 fully saturated rings. The molecule has 0 saturated heterocycles. The largest absolute Gasteiger partial charge is 1.00 e. The van der Waals surface area contributed by atoms with Crippen LogP contribution in [0.4, 0.5) is 14.4 Å². The highest BCUT2D eigenvalue weighted by Crippen LogP contribution is 2.30. The summed E-state index contributed by atoms with van der Waals surface area (Å²) in [7, 11) is 0. The predicted octanol–water partition coefficient (Wildman–Crippen LogP) is 1.39. The fourth-order valence-electron chi connectivity index (χ4n) is 1.57. The second-order valence-electron chi connectivity index (χ2n) is 3.90. The molecular formula is C13H18Cl2IN3O2S. The molecular weight excluding hydrogens is 460 g/mol. The minimum Gasteiger partial charge on any atom is -1.00 e. The molecule has 0 radical (unpaired) electrons. The summed E-state index contributed by atoms with van der Waals surface area (Å²) >= 11 is 13.3. The summed E-state index contributed by atoms with van der Waals surface area (Å²) in [6.07, 6.45) is 1.74. The number of hydrogen-bond donors (Lipinski definition) is 2. The number of para-hydroxylation sites is 1. The summed E-state index contributed by atoms with van der Waals surface area (Å²) < 4.78 is 5.31. The summed E-state index contributed by atoms with van der Waals surface area (Å²) in [4.78, 5) is 13.7. The Morgan fingerprint density at radius 2 is 1.82 bits per heavy atom. The first-order chi connectivity index (χ1) is 10.0. The lowest BCUT2D eigenvalue weighted by Crippen LogP contribution is -3.00. The minimum atomic E-state index is -0.264. The van der Waals surface area contributed by atoms with E-state index in [1.165, 1.54) is 0 Å². The molecule has 0 bridgehead atoms. The van der Waals surface area contributed by atoms with Crippen molar-refractivity contribution in [2.45, 2.75) is 13.8 Å². The van der Waals surface area contributed by atoms with Gasteiger partial charge in [-0.1, -0.05) is 29.3 Å². The van der Waals surface area contributed by atoms with Gasteiger partial charge in [-0.25, -0.2) is 10.1 Å². The van der Waals surface area contributed by atoms with Crippen molar-refractivity contribution in [3.8, 4) is 0 Å². The number of amides is 4. The molecule has 4 amide bonds. The Morgan fingerprint density at radius 3 is 2.27 bits per heavy atom. The lowest BCUT2D eigenvalue weighted by Gasteiger charge is -2.17. The van der Waals surface area contributed by atoms with Crippen LogP contribution >= 0.6 is 35.2 Å². The normalized spacial score (nSPS) is 10.7. The Morgan fingerprint density at radius 1 is 1.27 bits per heavy atom. The van der Waals surface area contributed by atoms with Crippen molar-refractivity contribution in [1.29, 1.82) is 0 Å². The molecule has 22 heavy (non-hydrogen) atoms. The van der Waals surface area contributed by atoms with Crippen molar-refractivity contribution in [2.24, 2.45) is 0 Å². The van der Waals surface area contributed by atoms with Gasteiger partial charge in [-0.05, 0) is 26.0 Å². The standard InChI is InChI=1S/C13H17Cl2N3O2S.HI/c1-4-18(5-2)13(19)17-12(20-21-3)16-11-9(14)7-6-8-10(11)15;/h6-8,16H,4-5H2,1-3H3;1H. The van der Waals surface area contributed by atoms with Gasteiger partial charge < -0.3 is 28.9 Å². The molecule has 0 aliphatic carbocycles. The van der Waals surface area contributed by atoms with Crippen molar-refractivity contribution < 1.29 is 32.6 Å². The molecule has 0 aliphatic heterocycles. The van der Waals surface area contributed by atoms with Gasteiger partial charge >= 0.3 is 24.1 Å². The number of carbonyl (C=O) groups is 1. The van der Waals surface area contributed by atoms with Gasteiger partial charge in [0.1, 0.15) is 0 Å². The highest BCUT2D eigenvalue weighted by atomic mass is 127. The van der Waals surface area contributed by atoms with E-state index < -0.39 is 0 Å². The van der Waals surface area contributed by atoms with Gasteiger partial charge in [0.25, 0.3) is 0 Å². The van der Waals surface area contributed by atoms with Gasteiger partial charge in [-0.3, -0.25) is 5.32 Å². The van der Waals surface area contributed by atoms with Crippen LogP contribution in [-0.2, 0) is 0 Å². The number of imide groups is 1. The summed E-state index contributed by atoms with van der Waals surface area (Å²) in [5.41, 5.74) is 0.477. The lowest BCUT2D eigenvalue weighted by molar-refractivity contribution is -0.0000144. The molecule has 1 aromatic carbocycles. The third-order valence-corrected chi connectivity index (χ3v) is 3.60. The summed E-state index contributed by atoms with van der Waals surface area (Å²) in [5.74, 6) is 0. The van der Waals surface area contributed by atoms with Gasteiger partial charge in [-0.15, -0.1) is 3.87 Å². The first-order valence-corrected chi connectivity index (χ1v) is 8.28. The highest BCUT2D eigenvalue weighted by Gasteiger charge is 2.22. The van der Waals surface area contributed by atoms with Crippen LogP contribution in [0.2, 0.25) is 10.0 Å². The van der Waals surface area contributed by atoms with Crippen LogP contribution in [0.25, 0.3) is 0 Å². The Labute approximate surface area is 162 Å². The van der Waals surface area contributed by atoms with Crippen LogP contribution in [0.15, 0.2) is 18.2 Å². The van der Waals surface area contributed by atoms with E-state index >= 15 is 0 Å². The Hall–Kier alpha value is -0.380. The van der Waals surface area contributed by atoms with Gasteiger partial charge in [0.15, 0.2) is 0 Å². The SMILES string of the molecule is CCN(CC)C(=O)NC(Nc1c(Cl)cccc1Cl)=[O+]SC.[I-]. The van der Waals surface area contributed by atoms with E-state index in [9.17, 15) is 4.79 Å². The number of nitrogens with zero attached hydrogens (tertiary/aromatic N) is 1. The zero-order valence-corrected chi connectivity index (χ0v) is 16.9. The topological polar surface area (TPSA) is 55.7 Å². The van der Waals surface area contributed by atoms with Crippen molar-refractivity contribution in [3.05, 3.63) is 28.2 Å². The van der Waals surface area contributed by atoms with Crippen LogP contribution in [0.1, 0.15) is 13.8 Å². The second-order valence-corrected chi connectivity index (χ2v) is 5.22. The van der Waals surface area contributed by atoms with Gasteiger partial charge in [0.05, 0.1) is 22.0 Å². The molecule has 5 nitrogen and oxygen atoms in total. The molecule has 0 aliphatic rings. The van der Waals surface area contributed by atoms with Crippen molar-refractivity contribution in [1.82, 2.24) is 10.2 Å². The average Bonchev–Trinajstić information content (AvgIpc) is 2.44. The van der Waals surface area contributed by atoms with Crippen molar-refractivity contribution in [2.75, 3.05) is 24.7 Å². The van der Waals surface area contributed by atoms with E-state index in [1.807, 2.05) is 13.8 Å². The van der Waals surface area contributed by atoms with Crippen LogP contribution in [0.5, 0.6) is 0 Å². The number of carbonyl (C=O) groups excluding carboxylic acids is 2. The van der Waals surface area contributed by atoms with Gasteiger partial charge in [0.2, 0.25) is 0 Å². The molecule has 0 unspecified atom stereocenters. The molecule has 1 aromatic rings. The first-order valence-electron chi connectivity index (χ1n) is 6.38. The van der Waals surface area contributed by atoms with Gasteiger partial charge in [-0.2, -0.15) is 0 Å². The first kappa shape index (κ1) is 21.6. The maximum Gasteiger partial charge on any atom is 0.532 e. The zero-order chi connectivity index (χ0) is 15.8. The summed E-state index contributed by atoms with van der Waals surface area (Å²) in [5, 5.41) is 6.42. The average molecular weight is 478 g/mol. The van der Waals surface area contributed by atoms with Crippen LogP contribution in [0.3, 0.4) is 0 Å². The Kier molecular flexibility index (Phi) is 11.0. The second kappa shape index (κ2) is 11.2. The monoisotopic (exact) mass is 477 g/mol. The smallest absolute Gasteiger partial charge is 0.532 e. The van der Waals surface area contributed by atoms with E-state index in [1.54, 1.807) is 29.4 Å². The quantitative estimate of drug-likeness (QED) is 0.391. The third kappa shape index (κ3) is 6.39. The molecule has 0 atom stereocenters. The molecule has 0 aromatic heterocycles. The molecule has 0 heterocycles. The molecule has 0 saturated carbocycles. The van der Waals surface area contributed by atoms with Crippen LogP contribution in [0, 0.1) is 0 Å².